The van der Waals surface area contributed by atoms with E-state index in [-0.39, 0.29) is 40.6 Å². The monoisotopic (exact) mass is 446 g/mol. The van der Waals surface area contributed by atoms with Crippen molar-refractivity contribution in [3.8, 4) is 10.6 Å². The summed E-state index contributed by atoms with van der Waals surface area (Å²) in [6, 6.07) is 4.82. The Morgan fingerprint density at radius 1 is 1.13 bits per heavy atom. The summed E-state index contributed by atoms with van der Waals surface area (Å²) in [5.41, 5.74) is -0.202. The average molecular weight is 446 g/mol. The van der Waals surface area contributed by atoms with Crippen molar-refractivity contribution in [3.63, 3.8) is 0 Å². The zero-order valence-corrected chi connectivity index (χ0v) is 16.6. The smallest absolute Gasteiger partial charge is 0.275 e. The first kappa shape index (κ1) is 21.0. The molecule has 3 aromatic rings. The van der Waals surface area contributed by atoms with E-state index >= 15 is 0 Å². The Hall–Kier alpha value is -3.28. The molecule has 0 unspecified atom stereocenters. The summed E-state index contributed by atoms with van der Waals surface area (Å²) in [5.74, 6) is -2.78. The standard InChI is InChI=1S/C20H16F2N4O4S/c21-11-2-1-3-12(22)17(11)19-25-14(9-31-19)18(29)24-13-6-23-5-4-10(13)20(30)26-7-15(27)16(28)8-26/h1-6,9,15-16,27-28H,7-8H2,(H,24,29)/t15-,16-/m1/s1. The van der Waals surface area contributed by atoms with Crippen LogP contribution in [0.3, 0.4) is 0 Å². The van der Waals surface area contributed by atoms with Gasteiger partial charge in [0.05, 0.1) is 35.2 Å². The summed E-state index contributed by atoms with van der Waals surface area (Å²) in [5, 5.41) is 23.2. The highest BCUT2D eigenvalue weighted by Gasteiger charge is 2.34. The Bertz CT molecular complexity index is 1130. The van der Waals surface area contributed by atoms with Gasteiger partial charge < -0.3 is 20.4 Å². The lowest BCUT2D eigenvalue weighted by Crippen LogP contribution is -2.31. The first-order valence-electron chi connectivity index (χ1n) is 9.16. The number of pyridine rings is 1. The molecule has 2 atom stereocenters. The number of nitrogens with zero attached hydrogens (tertiary/aromatic N) is 3. The van der Waals surface area contributed by atoms with Crippen molar-refractivity contribution < 1.29 is 28.6 Å². The first-order valence-corrected chi connectivity index (χ1v) is 10.0. The molecule has 0 spiro atoms. The van der Waals surface area contributed by atoms with Gasteiger partial charge >= 0.3 is 0 Å². The van der Waals surface area contributed by atoms with Gasteiger partial charge in [-0.25, -0.2) is 13.8 Å². The molecular formula is C20H16F2N4O4S. The van der Waals surface area contributed by atoms with Gasteiger partial charge in [0.2, 0.25) is 0 Å². The molecule has 1 aliphatic rings. The van der Waals surface area contributed by atoms with E-state index in [9.17, 15) is 28.6 Å². The Balaban J connectivity index is 1.55. The number of aromatic nitrogens is 2. The van der Waals surface area contributed by atoms with E-state index in [1.165, 1.54) is 34.8 Å². The molecule has 2 amide bonds. The van der Waals surface area contributed by atoms with Crippen LogP contribution in [0.2, 0.25) is 0 Å². The number of β-amino-alcohol motifs (C(OH)–C–C–N with tert-alkyl or cyclic N) is 2. The molecule has 160 valence electrons. The number of nitrogens with one attached hydrogen (secondary N) is 1. The van der Waals surface area contributed by atoms with Crippen molar-refractivity contribution >= 4 is 28.8 Å². The third-order valence-corrected chi connectivity index (χ3v) is 5.62. The molecule has 31 heavy (non-hydrogen) atoms. The molecule has 3 N–H and O–H groups in total. The number of benzene rings is 1. The number of amides is 2. The number of anilines is 1. The van der Waals surface area contributed by atoms with Crippen LogP contribution in [-0.2, 0) is 0 Å². The van der Waals surface area contributed by atoms with Gasteiger partial charge in [0.25, 0.3) is 11.8 Å². The molecule has 1 aliphatic heterocycles. The summed E-state index contributed by atoms with van der Waals surface area (Å²) in [6.45, 7) is -0.0846. The highest BCUT2D eigenvalue weighted by atomic mass is 32.1. The minimum Gasteiger partial charge on any atom is -0.388 e. The molecule has 0 aliphatic carbocycles. The van der Waals surface area contributed by atoms with Gasteiger partial charge in [-0.15, -0.1) is 11.3 Å². The van der Waals surface area contributed by atoms with Crippen molar-refractivity contribution in [3.05, 3.63) is 64.9 Å². The van der Waals surface area contributed by atoms with Crippen LogP contribution in [0, 0.1) is 11.6 Å². The maximum absolute atomic E-state index is 14.0. The molecule has 4 rings (SSSR count). The fourth-order valence-electron chi connectivity index (χ4n) is 3.17. The molecule has 2 aromatic heterocycles. The molecule has 1 fully saturated rings. The highest BCUT2D eigenvalue weighted by molar-refractivity contribution is 7.13. The van der Waals surface area contributed by atoms with E-state index in [0.29, 0.717) is 0 Å². The lowest BCUT2D eigenvalue weighted by atomic mass is 10.2. The van der Waals surface area contributed by atoms with E-state index in [4.69, 9.17) is 0 Å². The third kappa shape index (κ3) is 4.15. The van der Waals surface area contributed by atoms with Gasteiger partial charge in [-0.2, -0.15) is 0 Å². The topological polar surface area (TPSA) is 116 Å². The van der Waals surface area contributed by atoms with Crippen molar-refractivity contribution in [2.75, 3.05) is 18.4 Å². The van der Waals surface area contributed by atoms with Crippen molar-refractivity contribution in [2.24, 2.45) is 0 Å². The van der Waals surface area contributed by atoms with Crippen LogP contribution in [0.15, 0.2) is 42.0 Å². The normalized spacial score (nSPS) is 18.3. The summed E-state index contributed by atoms with van der Waals surface area (Å²) in [6.07, 6.45) is 0.554. The second-order valence-electron chi connectivity index (χ2n) is 6.85. The summed E-state index contributed by atoms with van der Waals surface area (Å²) in [4.78, 5) is 34.6. The van der Waals surface area contributed by atoms with Gasteiger partial charge in [0.1, 0.15) is 22.3 Å². The molecule has 0 radical (unpaired) electrons. The lowest BCUT2D eigenvalue weighted by molar-refractivity contribution is 0.0572. The summed E-state index contributed by atoms with van der Waals surface area (Å²) >= 11 is 0.903. The number of aliphatic hydroxyl groups is 2. The van der Waals surface area contributed by atoms with Crippen molar-refractivity contribution in [2.45, 2.75) is 12.2 Å². The van der Waals surface area contributed by atoms with E-state index < -0.39 is 35.7 Å². The number of carbonyl (C=O) groups excluding carboxylic acids is 2. The van der Waals surface area contributed by atoms with Crippen LogP contribution in [-0.4, -0.2) is 62.2 Å². The first-order chi connectivity index (χ1) is 14.8. The van der Waals surface area contributed by atoms with Gasteiger partial charge in [-0.1, -0.05) is 6.07 Å². The molecule has 11 heteroatoms. The molecule has 3 heterocycles. The third-order valence-electron chi connectivity index (χ3n) is 4.76. The Labute approximate surface area is 178 Å². The number of rotatable bonds is 4. The number of halogens is 2. The lowest BCUT2D eigenvalue weighted by Gasteiger charge is -2.17. The summed E-state index contributed by atoms with van der Waals surface area (Å²) in [7, 11) is 0. The van der Waals surface area contributed by atoms with E-state index in [1.54, 1.807) is 0 Å². The van der Waals surface area contributed by atoms with Crippen molar-refractivity contribution in [1.29, 1.82) is 0 Å². The summed E-state index contributed by atoms with van der Waals surface area (Å²) < 4.78 is 28.0. The van der Waals surface area contributed by atoms with Crippen LogP contribution < -0.4 is 5.32 Å². The number of aliphatic hydroxyl groups excluding tert-OH is 2. The number of carbonyl (C=O) groups is 2. The van der Waals surface area contributed by atoms with Crippen LogP contribution in [0.25, 0.3) is 10.6 Å². The molecule has 8 nitrogen and oxygen atoms in total. The second kappa shape index (κ2) is 8.46. The Morgan fingerprint density at radius 2 is 1.81 bits per heavy atom. The largest absolute Gasteiger partial charge is 0.388 e. The number of hydrogen-bond acceptors (Lipinski definition) is 7. The zero-order chi connectivity index (χ0) is 22.1. The predicted octanol–water partition coefficient (Wildman–Crippen LogP) is 1.91. The van der Waals surface area contributed by atoms with Crippen LogP contribution in [0.5, 0.6) is 0 Å². The molecule has 1 saturated heterocycles. The maximum atomic E-state index is 14.0. The fraction of sp³-hybridized carbons (Fsp3) is 0.200. The van der Waals surface area contributed by atoms with E-state index in [0.717, 1.165) is 23.5 Å². The van der Waals surface area contributed by atoms with Crippen LogP contribution >= 0.6 is 11.3 Å². The van der Waals surface area contributed by atoms with Gasteiger partial charge in [-0.05, 0) is 18.2 Å². The Kier molecular flexibility index (Phi) is 5.72. The SMILES string of the molecule is O=C(Nc1cnccc1C(=O)N1C[C@@H](O)[C@H](O)C1)c1csc(-c2c(F)cccc2F)n1. The quantitative estimate of drug-likeness (QED) is 0.564. The molecule has 0 bridgehead atoms. The molecule has 0 saturated carbocycles. The van der Waals surface area contributed by atoms with Crippen LogP contribution in [0.1, 0.15) is 20.8 Å². The van der Waals surface area contributed by atoms with Crippen molar-refractivity contribution in [1.82, 2.24) is 14.9 Å². The predicted molar refractivity (Wildman–Crippen MR) is 108 cm³/mol. The number of thiazole rings is 1. The van der Waals surface area contributed by atoms with E-state index in [1.807, 2.05) is 0 Å². The van der Waals surface area contributed by atoms with Crippen LogP contribution in [0.4, 0.5) is 14.5 Å². The highest BCUT2D eigenvalue weighted by Crippen LogP contribution is 2.29. The second-order valence-corrected chi connectivity index (χ2v) is 7.71. The number of hydrogen-bond donors (Lipinski definition) is 3. The van der Waals surface area contributed by atoms with Gasteiger partial charge in [0, 0.05) is 24.7 Å². The minimum absolute atomic E-state index is 0.00304. The fourth-order valence-corrected chi connectivity index (χ4v) is 4.01. The molecule has 1 aromatic carbocycles. The minimum atomic E-state index is -1.05. The van der Waals surface area contributed by atoms with E-state index in [2.05, 4.69) is 15.3 Å². The number of likely N-dealkylation sites (tertiary alicyclic amines) is 1. The average Bonchev–Trinajstić information content (AvgIpc) is 3.35. The Morgan fingerprint density at radius 3 is 2.48 bits per heavy atom. The molecular weight excluding hydrogens is 430 g/mol. The maximum Gasteiger partial charge on any atom is 0.275 e. The van der Waals surface area contributed by atoms with Gasteiger partial charge in [0.15, 0.2) is 0 Å². The zero-order valence-electron chi connectivity index (χ0n) is 15.8. The van der Waals surface area contributed by atoms with Gasteiger partial charge in [-0.3, -0.25) is 14.6 Å².